The van der Waals surface area contributed by atoms with Crippen molar-refractivity contribution in [3.63, 3.8) is 0 Å². The van der Waals surface area contributed by atoms with Crippen LogP contribution in [0.25, 0.3) is 0 Å². The van der Waals surface area contributed by atoms with Crippen molar-refractivity contribution in [2.24, 2.45) is 0 Å². The molecule has 15 heavy (non-hydrogen) atoms. The molecule has 0 bridgehead atoms. The number of anilines is 1. The van der Waals surface area contributed by atoms with Crippen LogP contribution >= 0.6 is 34.2 Å². The summed E-state index contributed by atoms with van der Waals surface area (Å²) in [5, 5.41) is 12.7. The van der Waals surface area contributed by atoms with E-state index in [0.29, 0.717) is 6.42 Å². The third kappa shape index (κ3) is 3.88. The van der Waals surface area contributed by atoms with Gasteiger partial charge in [-0.2, -0.15) is 5.26 Å². The summed E-state index contributed by atoms with van der Waals surface area (Å²) in [5.41, 5.74) is 1.04. The standard InChI is InChI=1S/C11H12ClIN2/c1-2-9(5-6-14)15-11-4-3-8(12)7-10(11)13/h3-4,7,9,15H,2,5H2,1H3. The van der Waals surface area contributed by atoms with Crippen LogP contribution in [-0.2, 0) is 0 Å². The summed E-state index contributed by atoms with van der Waals surface area (Å²) >= 11 is 8.10. The molecule has 0 aliphatic rings. The predicted octanol–water partition coefficient (Wildman–Crippen LogP) is 4.05. The van der Waals surface area contributed by atoms with Crippen LogP contribution in [0.15, 0.2) is 18.2 Å². The van der Waals surface area contributed by atoms with Crippen molar-refractivity contribution in [1.29, 1.82) is 5.26 Å². The topological polar surface area (TPSA) is 35.8 Å². The fraction of sp³-hybridized carbons (Fsp3) is 0.364. The summed E-state index contributed by atoms with van der Waals surface area (Å²) in [5.74, 6) is 0. The molecule has 4 heteroatoms. The number of benzene rings is 1. The molecule has 1 N–H and O–H groups in total. The molecule has 1 atom stereocenters. The van der Waals surface area contributed by atoms with Gasteiger partial charge in [-0.05, 0) is 47.2 Å². The lowest BCUT2D eigenvalue weighted by Gasteiger charge is -2.16. The Labute approximate surface area is 109 Å². The molecule has 1 aromatic carbocycles. The minimum Gasteiger partial charge on any atom is -0.380 e. The smallest absolute Gasteiger partial charge is 0.0643 e. The summed E-state index contributed by atoms with van der Waals surface area (Å²) in [4.78, 5) is 0. The Bertz CT molecular complexity index is 373. The van der Waals surface area contributed by atoms with E-state index in [4.69, 9.17) is 16.9 Å². The number of nitrogens with zero attached hydrogens (tertiary/aromatic N) is 1. The van der Waals surface area contributed by atoms with Crippen molar-refractivity contribution in [3.05, 3.63) is 26.8 Å². The fourth-order valence-electron chi connectivity index (χ4n) is 1.23. The van der Waals surface area contributed by atoms with Crippen LogP contribution in [-0.4, -0.2) is 6.04 Å². The maximum atomic E-state index is 8.65. The number of halogens is 2. The zero-order valence-electron chi connectivity index (χ0n) is 8.43. The Morgan fingerprint density at radius 1 is 1.60 bits per heavy atom. The summed E-state index contributed by atoms with van der Waals surface area (Å²) in [6.45, 7) is 2.07. The fourth-order valence-corrected chi connectivity index (χ4v) is 2.26. The van der Waals surface area contributed by atoms with E-state index in [1.807, 2.05) is 18.2 Å². The predicted molar refractivity (Wildman–Crippen MR) is 72.1 cm³/mol. The van der Waals surface area contributed by atoms with Gasteiger partial charge < -0.3 is 5.32 Å². The van der Waals surface area contributed by atoms with E-state index >= 15 is 0 Å². The van der Waals surface area contributed by atoms with Crippen LogP contribution in [0, 0.1) is 14.9 Å². The van der Waals surface area contributed by atoms with Crippen molar-refractivity contribution in [1.82, 2.24) is 0 Å². The van der Waals surface area contributed by atoms with Gasteiger partial charge in [0.05, 0.1) is 12.5 Å². The molecule has 0 saturated heterocycles. The lowest BCUT2D eigenvalue weighted by molar-refractivity contribution is 0.710. The van der Waals surface area contributed by atoms with Gasteiger partial charge >= 0.3 is 0 Å². The van der Waals surface area contributed by atoms with E-state index in [-0.39, 0.29) is 6.04 Å². The number of nitrogens with one attached hydrogen (secondary N) is 1. The van der Waals surface area contributed by atoms with Gasteiger partial charge in [0, 0.05) is 20.3 Å². The highest BCUT2D eigenvalue weighted by atomic mass is 127. The summed E-state index contributed by atoms with van der Waals surface area (Å²) in [6, 6.07) is 8.10. The first-order valence-electron chi connectivity index (χ1n) is 4.76. The lowest BCUT2D eigenvalue weighted by Crippen LogP contribution is -2.18. The number of hydrogen-bond acceptors (Lipinski definition) is 2. The largest absolute Gasteiger partial charge is 0.380 e. The number of hydrogen-bond donors (Lipinski definition) is 1. The molecule has 0 amide bonds. The Morgan fingerprint density at radius 2 is 2.33 bits per heavy atom. The highest BCUT2D eigenvalue weighted by Crippen LogP contribution is 2.23. The number of nitriles is 1. The zero-order chi connectivity index (χ0) is 11.3. The average Bonchev–Trinajstić information content (AvgIpc) is 2.21. The quantitative estimate of drug-likeness (QED) is 0.843. The molecule has 0 spiro atoms. The van der Waals surface area contributed by atoms with Crippen LogP contribution in [0.1, 0.15) is 19.8 Å². The maximum Gasteiger partial charge on any atom is 0.0643 e. The van der Waals surface area contributed by atoms with Crippen LogP contribution in [0.4, 0.5) is 5.69 Å². The highest BCUT2D eigenvalue weighted by molar-refractivity contribution is 14.1. The third-order valence-corrected chi connectivity index (χ3v) is 3.25. The first-order valence-corrected chi connectivity index (χ1v) is 6.21. The molecule has 0 heterocycles. The lowest BCUT2D eigenvalue weighted by atomic mass is 10.1. The molecule has 80 valence electrons. The van der Waals surface area contributed by atoms with Crippen LogP contribution in [0.2, 0.25) is 5.02 Å². The van der Waals surface area contributed by atoms with Gasteiger partial charge in [0.25, 0.3) is 0 Å². The molecule has 0 aromatic heterocycles. The van der Waals surface area contributed by atoms with E-state index in [1.54, 1.807) is 0 Å². The van der Waals surface area contributed by atoms with Crippen molar-refractivity contribution >= 4 is 39.9 Å². The monoisotopic (exact) mass is 334 g/mol. The second kappa shape index (κ2) is 6.19. The van der Waals surface area contributed by atoms with E-state index in [0.717, 1.165) is 20.7 Å². The third-order valence-electron chi connectivity index (χ3n) is 2.12. The SMILES string of the molecule is CCC(CC#N)Nc1ccc(Cl)cc1I. The molecule has 2 nitrogen and oxygen atoms in total. The van der Waals surface area contributed by atoms with E-state index in [9.17, 15) is 0 Å². The molecule has 0 fully saturated rings. The zero-order valence-corrected chi connectivity index (χ0v) is 11.3. The number of rotatable bonds is 4. The second-order valence-corrected chi connectivity index (χ2v) is 4.83. The van der Waals surface area contributed by atoms with Gasteiger partial charge in [-0.3, -0.25) is 0 Å². The van der Waals surface area contributed by atoms with Gasteiger partial charge in [-0.15, -0.1) is 0 Å². The summed E-state index contributed by atoms with van der Waals surface area (Å²) in [7, 11) is 0. The van der Waals surface area contributed by atoms with Crippen molar-refractivity contribution < 1.29 is 0 Å². The first-order chi connectivity index (χ1) is 7.17. The normalized spacial score (nSPS) is 11.9. The first kappa shape index (κ1) is 12.6. The second-order valence-electron chi connectivity index (χ2n) is 3.24. The van der Waals surface area contributed by atoms with Crippen LogP contribution < -0.4 is 5.32 Å². The molecule has 0 saturated carbocycles. The molecule has 0 aliphatic carbocycles. The van der Waals surface area contributed by atoms with Crippen molar-refractivity contribution in [2.45, 2.75) is 25.8 Å². The van der Waals surface area contributed by atoms with Crippen LogP contribution in [0.5, 0.6) is 0 Å². The van der Waals surface area contributed by atoms with E-state index in [1.165, 1.54) is 0 Å². The Morgan fingerprint density at radius 3 is 2.87 bits per heavy atom. The molecular formula is C11H12ClIN2. The minimum atomic E-state index is 0.213. The molecule has 1 unspecified atom stereocenters. The Hall–Kier alpha value is -0.470. The van der Waals surface area contributed by atoms with Crippen molar-refractivity contribution in [2.75, 3.05) is 5.32 Å². The summed E-state index contributed by atoms with van der Waals surface area (Å²) in [6.07, 6.45) is 1.46. The molecule has 1 rings (SSSR count). The molecule has 1 aromatic rings. The highest BCUT2D eigenvalue weighted by Gasteiger charge is 2.07. The Kier molecular flexibility index (Phi) is 5.20. The van der Waals surface area contributed by atoms with Gasteiger partial charge in [0.1, 0.15) is 0 Å². The van der Waals surface area contributed by atoms with Gasteiger partial charge in [-0.1, -0.05) is 18.5 Å². The average molecular weight is 335 g/mol. The van der Waals surface area contributed by atoms with E-state index in [2.05, 4.69) is 40.9 Å². The van der Waals surface area contributed by atoms with Crippen molar-refractivity contribution in [3.8, 4) is 6.07 Å². The molecule has 0 aliphatic heterocycles. The van der Waals surface area contributed by atoms with E-state index < -0.39 is 0 Å². The Balaban J connectivity index is 2.75. The molecule has 0 radical (unpaired) electrons. The maximum absolute atomic E-state index is 8.65. The van der Waals surface area contributed by atoms with Gasteiger partial charge in [0.15, 0.2) is 0 Å². The summed E-state index contributed by atoms with van der Waals surface area (Å²) < 4.78 is 1.08. The molecular weight excluding hydrogens is 322 g/mol. The van der Waals surface area contributed by atoms with Gasteiger partial charge in [-0.25, -0.2) is 0 Å². The van der Waals surface area contributed by atoms with Gasteiger partial charge in [0.2, 0.25) is 0 Å². The van der Waals surface area contributed by atoms with Crippen LogP contribution in [0.3, 0.4) is 0 Å². The minimum absolute atomic E-state index is 0.213.